The molecule has 1 atom stereocenters. The van der Waals surface area contributed by atoms with Crippen LogP contribution in [0, 0.1) is 0 Å². The summed E-state index contributed by atoms with van der Waals surface area (Å²) in [6.07, 6.45) is 6.71. The van der Waals surface area contributed by atoms with E-state index in [9.17, 15) is 4.79 Å². The number of aromatic nitrogens is 2. The van der Waals surface area contributed by atoms with Crippen LogP contribution in [0.5, 0.6) is 5.75 Å². The number of furan rings is 1. The molecule has 0 saturated carbocycles. The van der Waals surface area contributed by atoms with E-state index in [1.165, 1.54) is 12.5 Å². The number of ether oxygens (including phenoxy) is 1. The summed E-state index contributed by atoms with van der Waals surface area (Å²) in [4.78, 5) is 23.5. The molecule has 3 heterocycles. The van der Waals surface area contributed by atoms with Crippen molar-refractivity contribution in [3.05, 3.63) is 66.4 Å². The zero-order valence-electron chi connectivity index (χ0n) is 15.7. The van der Waals surface area contributed by atoms with E-state index < -0.39 is 0 Å². The van der Waals surface area contributed by atoms with Crippen molar-refractivity contribution in [3.8, 4) is 5.75 Å². The number of hydrogen-bond donors (Lipinski definition) is 1. The molecule has 1 N–H and O–H groups in total. The number of likely N-dealkylation sites (tertiary alicyclic amines) is 1. The van der Waals surface area contributed by atoms with Gasteiger partial charge in [0.2, 0.25) is 5.95 Å². The van der Waals surface area contributed by atoms with Crippen LogP contribution in [0.3, 0.4) is 0 Å². The number of methoxy groups -OCH3 is 1. The van der Waals surface area contributed by atoms with Gasteiger partial charge in [-0.15, -0.1) is 0 Å². The van der Waals surface area contributed by atoms with E-state index in [-0.39, 0.29) is 11.8 Å². The van der Waals surface area contributed by atoms with Gasteiger partial charge in [0.15, 0.2) is 0 Å². The van der Waals surface area contributed by atoms with Crippen molar-refractivity contribution in [3.63, 3.8) is 0 Å². The minimum atomic E-state index is 0.00378. The van der Waals surface area contributed by atoms with Crippen molar-refractivity contribution in [2.24, 2.45) is 0 Å². The van der Waals surface area contributed by atoms with Crippen LogP contribution in [-0.4, -0.2) is 41.0 Å². The highest BCUT2D eigenvalue weighted by molar-refractivity contribution is 5.93. The molecule has 1 fully saturated rings. The van der Waals surface area contributed by atoms with Crippen molar-refractivity contribution >= 4 is 17.5 Å². The van der Waals surface area contributed by atoms with Gasteiger partial charge < -0.3 is 19.4 Å². The van der Waals surface area contributed by atoms with Crippen molar-refractivity contribution in [2.45, 2.75) is 18.8 Å². The molecule has 144 valence electrons. The number of carbonyl (C=O) groups excluding carboxylic acids is 1. The van der Waals surface area contributed by atoms with Crippen LogP contribution in [-0.2, 0) is 0 Å². The number of anilines is 2. The molecule has 7 heteroatoms. The highest BCUT2D eigenvalue weighted by Crippen LogP contribution is 2.27. The summed E-state index contributed by atoms with van der Waals surface area (Å²) >= 11 is 0. The monoisotopic (exact) mass is 378 g/mol. The van der Waals surface area contributed by atoms with Crippen LogP contribution >= 0.6 is 0 Å². The van der Waals surface area contributed by atoms with Gasteiger partial charge >= 0.3 is 0 Å². The maximum absolute atomic E-state index is 12.6. The molecular formula is C21H22N4O3. The first-order valence-corrected chi connectivity index (χ1v) is 9.28. The lowest BCUT2D eigenvalue weighted by molar-refractivity contribution is 0.0705. The number of hydrogen-bond acceptors (Lipinski definition) is 6. The molecule has 4 rings (SSSR count). The van der Waals surface area contributed by atoms with Gasteiger partial charge in [-0.05, 0) is 49.2 Å². The van der Waals surface area contributed by atoms with Crippen molar-refractivity contribution in [1.82, 2.24) is 14.9 Å². The minimum Gasteiger partial charge on any atom is -0.497 e. The number of benzene rings is 1. The Morgan fingerprint density at radius 2 is 2.11 bits per heavy atom. The largest absolute Gasteiger partial charge is 0.497 e. The molecule has 3 aromatic rings. The normalized spacial score (nSPS) is 16.6. The van der Waals surface area contributed by atoms with Crippen LogP contribution in [0.15, 0.2) is 59.5 Å². The zero-order valence-corrected chi connectivity index (χ0v) is 15.7. The number of piperidine rings is 1. The Balaban J connectivity index is 1.46. The molecule has 1 aromatic carbocycles. The van der Waals surface area contributed by atoms with Gasteiger partial charge in [0.05, 0.1) is 24.6 Å². The molecule has 1 saturated heterocycles. The summed E-state index contributed by atoms with van der Waals surface area (Å²) < 4.78 is 10.2. The van der Waals surface area contributed by atoms with Gasteiger partial charge in [-0.3, -0.25) is 4.79 Å². The second-order valence-electron chi connectivity index (χ2n) is 6.76. The molecule has 1 amide bonds. The average molecular weight is 378 g/mol. The predicted molar refractivity (Wildman–Crippen MR) is 105 cm³/mol. The number of nitrogens with one attached hydrogen (secondary N) is 1. The molecule has 0 aliphatic carbocycles. The van der Waals surface area contributed by atoms with Gasteiger partial charge in [-0.1, -0.05) is 0 Å². The number of amides is 1. The zero-order chi connectivity index (χ0) is 19.3. The Kier molecular flexibility index (Phi) is 5.23. The highest BCUT2D eigenvalue weighted by Gasteiger charge is 2.27. The molecule has 28 heavy (non-hydrogen) atoms. The van der Waals surface area contributed by atoms with E-state index in [1.807, 2.05) is 35.2 Å². The molecule has 0 spiro atoms. The number of carbonyl (C=O) groups is 1. The van der Waals surface area contributed by atoms with Gasteiger partial charge in [0.1, 0.15) is 12.0 Å². The van der Waals surface area contributed by atoms with Crippen molar-refractivity contribution in [1.29, 1.82) is 0 Å². The van der Waals surface area contributed by atoms with E-state index in [0.29, 0.717) is 18.1 Å². The fourth-order valence-electron chi connectivity index (χ4n) is 3.44. The van der Waals surface area contributed by atoms with Gasteiger partial charge in [0.25, 0.3) is 5.91 Å². The fourth-order valence-corrected chi connectivity index (χ4v) is 3.44. The van der Waals surface area contributed by atoms with Gasteiger partial charge in [0, 0.05) is 30.9 Å². The minimum absolute atomic E-state index is 0.00378. The topological polar surface area (TPSA) is 80.5 Å². The van der Waals surface area contributed by atoms with Crippen LogP contribution in [0.2, 0.25) is 0 Å². The van der Waals surface area contributed by atoms with E-state index in [1.54, 1.807) is 19.4 Å². The van der Waals surface area contributed by atoms with E-state index >= 15 is 0 Å². The van der Waals surface area contributed by atoms with Crippen molar-refractivity contribution in [2.75, 3.05) is 25.5 Å². The first-order chi connectivity index (χ1) is 13.7. The lowest BCUT2D eigenvalue weighted by Crippen LogP contribution is -2.39. The van der Waals surface area contributed by atoms with Crippen LogP contribution in [0.4, 0.5) is 11.6 Å². The summed E-state index contributed by atoms with van der Waals surface area (Å²) in [5, 5.41) is 3.22. The summed E-state index contributed by atoms with van der Waals surface area (Å²) in [6.45, 7) is 1.39. The van der Waals surface area contributed by atoms with E-state index in [0.717, 1.165) is 36.5 Å². The molecule has 1 aliphatic heterocycles. The summed E-state index contributed by atoms with van der Waals surface area (Å²) in [5.74, 6) is 1.53. The maximum Gasteiger partial charge on any atom is 0.257 e. The van der Waals surface area contributed by atoms with Gasteiger partial charge in [-0.2, -0.15) is 0 Å². The number of rotatable bonds is 5. The predicted octanol–water partition coefficient (Wildman–Crippen LogP) is 3.84. The van der Waals surface area contributed by atoms with Crippen LogP contribution < -0.4 is 10.1 Å². The smallest absolute Gasteiger partial charge is 0.257 e. The SMILES string of the molecule is COc1ccc(Nc2nccc(C3CCCN(C(=O)c4ccoc4)C3)n2)cc1. The first-order valence-electron chi connectivity index (χ1n) is 9.28. The molecular weight excluding hydrogens is 356 g/mol. The second-order valence-corrected chi connectivity index (χ2v) is 6.76. The molecule has 7 nitrogen and oxygen atoms in total. The highest BCUT2D eigenvalue weighted by atomic mass is 16.5. The second kappa shape index (κ2) is 8.12. The molecule has 2 aromatic heterocycles. The molecule has 0 radical (unpaired) electrons. The van der Waals surface area contributed by atoms with Crippen LogP contribution in [0.25, 0.3) is 0 Å². The lowest BCUT2D eigenvalue weighted by atomic mass is 9.94. The lowest BCUT2D eigenvalue weighted by Gasteiger charge is -2.32. The Labute approximate surface area is 163 Å². The van der Waals surface area contributed by atoms with E-state index in [2.05, 4.69) is 15.3 Å². The third kappa shape index (κ3) is 3.98. The first kappa shape index (κ1) is 18.0. The molecule has 1 unspecified atom stereocenters. The van der Waals surface area contributed by atoms with Gasteiger partial charge in [-0.25, -0.2) is 9.97 Å². The standard InChI is InChI=1S/C21H22N4O3/c1-27-18-6-4-17(5-7-18)23-21-22-10-8-19(24-21)15-3-2-11-25(13-15)20(26)16-9-12-28-14-16/h4-10,12,14-15H,2-3,11,13H2,1H3,(H,22,23,24). The average Bonchev–Trinajstić information content (AvgIpc) is 3.29. The third-order valence-electron chi connectivity index (χ3n) is 4.92. The van der Waals surface area contributed by atoms with Crippen molar-refractivity contribution < 1.29 is 13.9 Å². The summed E-state index contributed by atoms with van der Waals surface area (Å²) in [6, 6.07) is 11.2. The Bertz CT molecular complexity index is 925. The Hall–Kier alpha value is -3.35. The Morgan fingerprint density at radius 3 is 2.86 bits per heavy atom. The fraction of sp³-hybridized carbons (Fsp3) is 0.286. The maximum atomic E-state index is 12.6. The summed E-state index contributed by atoms with van der Waals surface area (Å²) in [5.41, 5.74) is 2.42. The molecule has 1 aliphatic rings. The van der Waals surface area contributed by atoms with E-state index in [4.69, 9.17) is 9.15 Å². The molecule has 0 bridgehead atoms. The quantitative estimate of drug-likeness (QED) is 0.726. The third-order valence-corrected chi connectivity index (χ3v) is 4.92. The Morgan fingerprint density at radius 1 is 1.25 bits per heavy atom. The van der Waals surface area contributed by atoms with Crippen LogP contribution in [0.1, 0.15) is 34.8 Å². The number of nitrogens with zero attached hydrogens (tertiary/aromatic N) is 3. The summed E-state index contributed by atoms with van der Waals surface area (Å²) in [7, 11) is 1.64.